The van der Waals surface area contributed by atoms with Crippen LogP contribution >= 0.6 is 0 Å². The summed E-state index contributed by atoms with van der Waals surface area (Å²) in [6.45, 7) is 5.21. The van der Waals surface area contributed by atoms with Crippen molar-refractivity contribution in [3.63, 3.8) is 0 Å². The van der Waals surface area contributed by atoms with Crippen LogP contribution in [0.5, 0.6) is 0 Å². The lowest BCUT2D eigenvalue weighted by atomic mass is 10.1. The minimum atomic E-state index is 0.316. The molecule has 8 heteroatoms. The minimum absolute atomic E-state index is 0.316. The maximum absolute atomic E-state index is 5.42. The zero-order valence-corrected chi connectivity index (χ0v) is 12.0. The molecule has 0 aliphatic rings. The average molecular weight is 276 g/mol. The van der Waals surface area contributed by atoms with Gasteiger partial charge in [0.25, 0.3) is 5.95 Å². The number of nitrogens with zero attached hydrogens (tertiary/aromatic N) is 6. The maximum atomic E-state index is 5.42. The van der Waals surface area contributed by atoms with Gasteiger partial charge in [-0.3, -0.25) is 5.43 Å². The van der Waals surface area contributed by atoms with Crippen molar-refractivity contribution in [2.24, 2.45) is 11.8 Å². The molecule has 0 amide bonds. The number of nitrogens with one attached hydrogen (secondary N) is 1. The lowest BCUT2D eigenvalue weighted by Gasteiger charge is -2.21. The Labute approximate surface area is 118 Å². The van der Waals surface area contributed by atoms with Crippen molar-refractivity contribution in [1.29, 1.82) is 0 Å². The van der Waals surface area contributed by atoms with E-state index in [-0.39, 0.29) is 0 Å². The molecule has 8 nitrogen and oxygen atoms in total. The number of hydrogen-bond acceptors (Lipinski definition) is 7. The summed E-state index contributed by atoms with van der Waals surface area (Å²) in [5.74, 6) is 7.29. The number of nitrogen functional groups attached to an aromatic ring is 1. The Morgan fingerprint density at radius 2 is 2.20 bits per heavy atom. The van der Waals surface area contributed by atoms with Gasteiger partial charge in [-0.05, 0) is 12.0 Å². The highest BCUT2D eigenvalue weighted by molar-refractivity contribution is 5.38. The molecule has 0 fully saturated rings. The maximum Gasteiger partial charge on any atom is 0.257 e. The molecule has 0 spiro atoms. The van der Waals surface area contributed by atoms with Gasteiger partial charge < -0.3 is 4.90 Å². The second-order valence-corrected chi connectivity index (χ2v) is 4.75. The second-order valence-electron chi connectivity index (χ2n) is 4.75. The Kier molecular flexibility index (Phi) is 4.46. The SMILES string of the molecule is CCC(C)CN(C)c1nc(NN)nc(-n2cccn2)n1. The molecule has 0 radical (unpaired) electrons. The molecule has 0 saturated carbocycles. The molecule has 0 saturated heterocycles. The first-order chi connectivity index (χ1) is 9.63. The van der Waals surface area contributed by atoms with Gasteiger partial charge in [0.1, 0.15) is 0 Å². The highest BCUT2D eigenvalue weighted by atomic mass is 15.4. The van der Waals surface area contributed by atoms with Crippen LogP contribution in [0.4, 0.5) is 11.9 Å². The molecule has 2 heterocycles. The summed E-state index contributed by atoms with van der Waals surface area (Å²) in [6, 6.07) is 1.81. The van der Waals surface area contributed by atoms with E-state index < -0.39 is 0 Å². The van der Waals surface area contributed by atoms with Crippen molar-refractivity contribution in [3.8, 4) is 5.95 Å². The van der Waals surface area contributed by atoms with Crippen LogP contribution in [0.3, 0.4) is 0 Å². The summed E-state index contributed by atoms with van der Waals surface area (Å²) in [6.07, 6.45) is 4.54. The highest BCUT2D eigenvalue weighted by Crippen LogP contribution is 2.13. The Bertz CT molecular complexity index is 538. The first kappa shape index (κ1) is 14.2. The molecule has 1 atom stereocenters. The summed E-state index contributed by atoms with van der Waals surface area (Å²) >= 11 is 0. The average Bonchev–Trinajstić information content (AvgIpc) is 3.00. The molecular weight excluding hydrogens is 256 g/mol. The molecule has 20 heavy (non-hydrogen) atoms. The van der Waals surface area contributed by atoms with E-state index in [1.165, 1.54) is 0 Å². The molecule has 3 N–H and O–H groups in total. The Hall–Kier alpha value is -2.22. The van der Waals surface area contributed by atoms with Crippen LogP contribution in [0.15, 0.2) is 18.5 Å². The molecule has 0 aromatic carbocycles. The van der Waals surface area contributed by atoms with Crippen LogP contribution < -0.4 is 16.2 Å². The molecule has 0 aliphatic carbocycles. The molecule has 2 rings (SSSR count). The first-order valence-corrected chi connectivity index (χ1v) is 6.57. The fourth-order valence-corrected chi connectivity index (χ4v) is 1.76. The molecule has 2 aromatic rings. The van der Waals surface area contributed by atoms with Gasteiger partial charge in [0.05, 0.1) is 0 Å². The predicted octanol–water partition coefficient (Wildman–Crippen LogP) is 0.825. The van der Waals surface area contributed by atoms with E-state index in [1.807, 2.05) is 18.0 Å². The van der Waals surface area contributed by atoms with E-state index in [4.69, 9.17) is 5.84 Å². The number of rotatable bonds is 6. The summed E-state index contributed by atoms with van der Waals surface area (Å²) < 4.78 is 1.57. The third-order valence-electron chi connectivity index (χ3n) is 3.07. The van der Waals surface area contributed by atoms with E-state index in [2.05, 4.69) is 39.3 Å². The van der Waals surface area contributed by atoms with Crippen LogP contribution in [0, 0.1) is 5.92 Å². The van der Waals surface area contributed by atoms with E-state index >= 15 is 0 Å². The number of hydrogen-bond donors (Lipinski definition) is 2. The van der Waals surface area contributed by atoms with Crippen LogP contribution in [0.1, 0.15) is 20.3 Å². The van der Waals surface area contributed by atoms with Crippen molar-refractivity contribution in [2.45, 2.75) is 20.3 Å². The van der Waals surface area contributed by atoms with E-state index in [0.29, 0.717) is 23.8 Å². The highest BCUT2D eigenvalue weighted by Gasteiger charge is 2.13. The van der Waals surface area contributed by atoms with Gasteiger partial charge in [-0.15, -0.1) is 0 Å². The van der Waals surface area contributed by atoms with Gasteiger partial charge in [-0.2, -0.15) is 20.1 Å². The van der Waals surface area contributed by atoms with Crippen molar-refractivity contribution < 1.29 is 0 Å². The molecular formula is C12H20N8. The lowest BCUT2D eigenvalue weighted by Crippen LogP contribution is -2.27. The standard InChI is InChI=1S/C12H20N8/c1-4-9(2)8-19(3)11-15-10(18-13)16-12(17-11)20-7-5-6-14-20/h5-7,9H,4,8,13H2,1-3H3,(H,15,16,17,18). The second kappa shape index (κ2) is 6.29. The smallest absolute Gasteiger partial charge is 0.257 e. The molecule has 0 aliphatic heterocycles. The molecule has 1 unspecified atom stereocenters. The van der Waals surface area contributed by atoms with E-state index in [1.54, 1.807) is 17.1 Å². The first-order valence-electron chi connectivity index (χ1n) is 6.57. The van der Waals surface area contributed by atoms with Crippen molar-refractivity contribution in [1.82, 2.24) is 24.7 Å². The van der Waals surface area contributed by atoms with Crippen LogP contribution in [0.2, 0.25) is 0 Å². The van der Waals surface area contributed by atoms with Gasteiger partial charge in [0.2, 0.25) is 11.9 Å². The van der Waals surface area contributed by atoms with E-state index in [0.717, 1.165) is 13.0 Å². The van der Waals surface area contributed by atoms with Crippen molar-refractivity contribution >= 4 is 11.9 Å². The van der Waals surface area contributed by atoms with Crippen molar-refractivity contribution in [3.05, 3.63) is 18.5 Å². The monoisotopic (exact) mass is 276 g/mol. The number of hydrazine groups is 1. The summed E-state index contributed by atoms with van der Waals surface area (Å²) in [5.41, 5.74) is 2.46. The third kappa shape index (κ3) is 3.21. The Morgan fingerprint density at radius 1 is 1.40 bits per heavy atom. The Balaban J connectivity index is 2.31. The zero-order valence-electron chi connectivity index (χ0n) is 12.0. The summed E-state index contributed by atoms with van der Waals surface area (Å²) in [7, 11) is 1.95. The van der Waals surface area contributed by atoms with E-state index in [9.17, 15) is 0 Å². The molecule has 2 aromatic heterocycles. The van der Waals surface area contributed by atoms with Crippen molar-refractivity contribution in [2.75, 3.05) is 23.9 Å². The number of aromatic nitrogens is 5. The fraction of sp³-hybridized carbons (Fsp3) is 0.500. The summed E-state index contributed by atoms with van der Waals surface area (Å²) in [4.78, 5) is 14.9. The number of nitrogens with two attached hydrogens (primary N) is 1. The minimum Gasteiger partial charge on any atom is -0.343 e. The lowest BCUT2D eigenvalue weighted by molar-refractivity contribution is 0.554. The third-order valence-corrected chi connectivity index (χ3v) is 3.07. The molecule has 0 bridgehead atoms. The Morgan fingerprint density at radius 3 is 2.80 bits per heavy atom. The molecule has 108 valence electrons. The normalized spacial score (nSPS) is 12.2. The van der Waals surface area contributed by atoms with Gasteiger partial charge in [0.15, 0.2) is 0 Å². The van der Waals surface area contributed by atoms with Crippen LogP contribution in [-0.4, -0.2) is 38.3 Å². The fourth-order valence-electron chi connectivity index (χ4n) is 1.76. The quantitative estimate of drug-likeness (QED) is 0.595. The topological polar surface area (TPSA) is 97.8 Å². The van der Waals surface area contributed by atoms with Crippen LogP contribution in [-0.2, 0) is 0 Å². The van der Waals surface area contributed by atoms with Gasteiger partial charge in [-0.1, -0.05) is 20.3 Å². The van der Waals surface area contributed by atoms with Gasteiger partial charge in [-0.25, -0.2) is 10.5 Å². The summed E-state index contributed by atoms with van der Waals surface area (Å²) in [5, 5.41) is 4.12. The van der Waals surface area contributed by atoms with Crippen LogP contribution in [0.25, 0.3) is 5.95 Å². The van der Waals surface area contributed by atoms with Gasteiger partial charge in [0, 0.05) is 26.0 Å². The van der Waals surface area contributed by atoms with Gasteiger partial charge >= 0.3 is 0 Å². The zero-order chi connectivity index (χ0) is 14.5. The predicted molar refractivity (Wildman–Crippen MR) is 77.5 cm³/mol. The largest absolute Gasteiger partial charge is 0.343 e. The number of anilines is 2.